The van der Waals surface area contributed by atoms with Crippen molar-refractivity contribution in [1.82, 2.24) is 0 Å². The third-order valence-corrected chi connectivity index (χ3v) is 7.55. The van der Waals surface area contributed by atoms with Crippen LogP contribution in [-0.2, 0) is 8.85 Å². The van der Waals surface area contributed by atoms with Crippen molar-refractivity contribution in [3.05, 3.63) is 12.2 Å². The van der Waals surface area contributed by atoms with Crippen molar-refractivity contribution in [3.63, 3.8) is 0 Å². The van der Waals surface area contributed by atoms with Crippen LogP contribution in [-0.4, -0.2) is 21.8 Å². The number of fused-ring (bicyclic) bond motifs is 2. The fourth-order valence-corrected chi connectivity index (χ4v) is 6.63. The molecule has 3 heteroatoms. The molecular weight excluding hydrogens is 204 g/mol. The van der Waals surface area contributed by atoms with Crippen LogP contribution in [0.2, 0.25) is 12.1 Å². The summed E-state index contributed by atoms with van der Waals surface area (Å²) in [6.07, 6.45) is 7.41. The van der Waals surface area contributed by atoms with Crippen LogP contribution in [0.5, 0.6) is 0 Å². The van der Waals surface area contributed by atoms with Gasteiger partial charge in [0.05, 0.1) is 0 Å². The van der Waals surface area contributed by atoms with Crippen LogP contribution in [0.25, 0.3) is 0 Å². The van der Waals surface area contributed by atoms with E-state index in [1.165, 1.54) is 12.8 Å². The minimum Gasteiger partial charge on any atom is -0.394 e. The van der Waals surface area contributed by atoms with Gasteiger partial charge in [0.25, 0.3) is 0 Å². The predicted octanol–water partition coefficient (Wildman–Crippen LogP) is 3.10. The molecule has 15 heavy (non-hydrogen) atoms. The lowest BCUT2D eigenvalue weighted by Gasteiger charge is -2.35. The molecule has 0 heterocycles. The Hall–Kier alpha value is -0.123. The van der Waals surface area contributed by atoms with Crippen LogP contribution in [0.1, 0.15) is 26.7 Å². The summed E-state index contributed by atoms with van der Waals surface area (Å²) >= 11 is 0. The Bertz CT molecular complexity index is 246. The number of hydrogen-bond donors (Lipinski definition) is 0. The monoisotopic (exact) mass is 226 g/mol. The average Bonchev–Trinajstić information content (AvgIpc) is 2.79. The normalized spacial score (nSPS) is 33.9. The average molecular weight is 226 g/mol. The van der Waals surface area contributed by atoms with Crippen molar-refractivity contribution in [2.45, 2.75) is 38.8 Å². The van der Waals surface area contributed by atoms with E-state index in [2.05, 4.69) is 32.5 Å². The Morgan fingerprint density at radius 2 is 1.80 bits per heavy atom. The topological polar surface area (TPSA) is 18.5 Å². The van der Waals surface area contributed by atoms with E-state index < -0.39 is 8.56 Å². The van der Waals surface area contributed by atoms with Gasteiger partial charge in [-0.15, -0.1) is 0 Å². The van der Waals surface area contributed by atoms with E-state index in [1.807, 2.05) is 0 Å². The van der Waals surface area contributed by atoms with E-state index in [1.54, 1.807) is 0 Å². The molecule has 2 aliphatic carbocycles. The third-order valence-electron chi connectivity index (χ3n) is 3.81. The van der Waals surface area contributed by atoms with Crippen molar-refractivity contribution in [1.29, 1.82) is 0 Å². The van der Waals surface area contributed by atoms with Gasteiger partial charge in [-0.2, -0.15) is 0 Å². The van der Waals surface area contributed by atoms with E-state index in [9.17, 15) is 0 Å². The quantitative estimate of drug-likeness (QED) is 0.530. The van der Waals surface area contributed by atoms with Crippen LogP contribution in [0.4, 0.5) is 0 Å². The molecule has 0 aromatic carbocycles. The molecule has 2 nitrogen and oxygen atoms in total. The fraction of sp³-hybridized carbons (Fsp3) is 0.833. The molecule has 2 bridgehead atoms. The fourth-order valence-electron chi connectivity index (χ4n) is 3.21. The van der Waals surface area contributed by atoms with Gasteiger partial charge in [0, 0.05) is 18.8 Å². The zero-order valence-electron chi connectivity index (χ0n) is 10.0. The number of hydrogen-bond acceptors (Lipinski definition) is 2. The van der Waals surface area contributed by atoms with Crippen LogP contribution >= 0.6 is 0 Å². The molecule has 0 aliphatic heterocycles. The molecule has 2 aliphatic rings. The zero-order valence-corrected chi connectivity index (χ0v) is 11.0. The van der Waals surface area contributed by atoms with Gasteiger partial charge in [-0.1, -0.05) is 12.2 Å². The molecule has 0 spiro atoms. The summed E-state index contributed by atoms with van der Waals surface area (Å²) in [5.74, 6) is 1.55. The molecular formula is C12H22O2Si. The number of allylic oxidation sites excluding steroid dienone is 2. The van der Waals surface area contributed by atoms with Crippen molar-refractivity contribution in [2.24, 2.45) is 11.8 Å². The van der Waals surface area contributed by atoms with Gasteiger partial charge in [0.1, 0.15) is 0 Å². The third kappa shape index (κ3) is 2.05. The molecule has 0 N–H and O–H groups in total. The highest BCUT2D eigenvalue weighted by molar-refractivity contribution is 6.67. The summed E-state index contributed by atoms with van der Waals surface area (Å²) in [7, 11) is -1.92. The van der Waals surface area contributed by atoms with Crippen molar-refractivity contribution >= 4 is 8.56 Å². The van der Waals surface area contributed by atoms with Crippen LogP contribution in [0.15, 0.2) is 12.2 Å². The smallest absolute Gasteiger partial charge is 0.338 e. The molecule has 1 saturated carbocycles. The standard InChI is InChI=1S/C12H22O2Si/c1-4-13-15(3,14-5-2)12-9-10-6-7-11(12)8-10/h6-7,10-12H,4-5,8-9H2,1-3H3. The highest BCUT2D eigenvalue weighted by atomic mass is 28.4. The predicted molar refractivity (Wildman–Crippen MR) is 64.0 cm³/mol. The lowest BCUT2D eigenvalue weighted by atomic mass is 10.1. The first-order valence-corrected chi connectivity index (χ1v) is 8.55. The van der Waals surface area contributed by atoms with Gasteiger partial charge in [0.15, 0.2) is 0 Å². The molecule has 86 valence electrons. The van der Waals surface area contributed by atoms with E-state index in [0.717, 1.165) is 25.0 Å². The van der Waals surface area contributed by atoms with Crippen LogP contribution in [0.3, 0.4) is 0 Å². The van der Waals surface area contributed by atoms with E-state index in [0.29, 0.717) is 5.54 Å². The zero-order chi connectivity index (χ0) is 10.9. The maximum atomic E-state index is 5.99. The van der Waals surface area contributed by atoms with E-state index >= 15 is 0 Å². The molecule has 1 fully saturated rings. The highest BCUT2D eigenvalue weighted by Gasteiger charge is 2.50. The Labute approximate surface area is 93.9 Å². The first-order chi connectivity index (χ1) is 7.19. The van der Waals surface area contributed by atoms with Gasteiger partial charge >= 0.3 is 8.56 Å². The first kappa shape index (κ1) is 11.4. The lowest BCUT2D eigenvalue weighted by molar-refractivity contribution is 0.174. The molecule has 0 aromatic rings. The summed E-state index contributed by atoms with van der Waals surface area (Å²) in [6, 6.07) is 0. The minimum atomic E-state index is -1.92. The van der Waals surface area contributed by atoms with Gasteiger partial charge in [-0.25, -0.2) is 0 Å². The second kappa shape index (κ2) is 4.40. The maximum Gasteiger partial charge on any atom is 0.338 e. The van der Waals surface area contributed by atoms with Gasteiger partial charge < -0.3 is 8.85 Å². The Kier molecular flexibility index (Phi) is 3.33. The molecule has 0 saturated heterocycles. The highest BCUT2D eigenvalue weighted by Crippen LogP contribution is 2.52. The van der Waals surface area contributed by atoms with E-state index in [-0.39, 0.29) is 0 Å². The summed E-state index contributed by atoms with van der Waals surface area (Å²) in [6.45, 7) is 7.99. The molecule has 3 unspecified atom stereocenters. The Morgan fingerprint density at radius 3 is 2.20 bits per heavy atom. The second-order valence-electron chi connectivity index (χ2n) is 4.77. The summed E-state index contributed by atoms with van der Waals surface area (Å²) in [4.78, 5) is 0. The van der Waals surface area contributed by atoms with Crippen LogP contribution in [0, 0.1) is 11.8 Å². The van der Waals surface area contributed by atoms with Crippen LogP contribution < -0.4 is 0 Å². The van der Waals surface area contributed by atoms with Gasteiger partial charge in [-0.3, -0.25) is 0 Å². The lowest BCUT2D eigenvalue weighted by Crippen LogP contribution is -2.45. The molecule has 0 aromatic heterocycles. The number of rotatable bonds is 5. The second-order valence-corrected chi connectivity index (χ2v) is 8.12. The largest absolute Gasteiger partial charge is 0.394 e. The SMILES string of the molecule is CCO[Si](C)(OCC)C1CC2C=CC1C2. The summed E-state index contributed by atoms with van der Waals surface area (Å²) < 4.78 is 12.0. The van der Waals surface area contributed by atoms with Gasteiger partial charge in [0.2, 0.25) is 0 Å². The van der Waals surface area contributed by atoms with E-state index in [4.69, 9.17) is 8.85 Å². The van der Waals surface area contributed by atoms with Crippen molar-refractivity contribution in [3.8, 4) is 0 Å². The molecule has 2 rings (SSSR count). The Morgan fingerprint density at radius 1 is 1.13 bits per heavy atom. The molecule has 0 radical (unpaired) electrons. The van der Waals surface area contributed by atoms with Gasteiger partial charge in [-0.05, 0) is 45.1 Å². The Balaban J connectivity index is 2.08. The molecule has 3 atom stereocenters. The van der Waals surface area contributed by atoms with Crippen molar-refractivity contribution < 1.29 is 8.85 Å². The summed E-state index contributed by atoms with van der Waals surface area (Å²) in [5, 5.41) is 0. The van der Waals surface area contributed by atoms with Crippen molar-refractivity contribution in [2.75, 3.05) is 13.2 Å². The minimum absolute atomic E-state index is 0.687. The maximum absolute atomic E-state index is 5.99. The summed E-state index contributed by atoms with van der Waals surface area (Å²) in [5.41, 5.74) is 0.687. The first-order valence-electron chi connectivity index (χ1n) is 6.15. The molecule has 0 amide bonds.